The Bertz CT molecular complexity index is 948. The van der Waals surface area contributed by atoms with Gasteiger partial charge in [0.1, 0.15) is 23.8 Å². The third kappa shape index (κ3) is 2.79. The fraction of sp³-hybridized carbons (Fsp3) is 0.214. The van der Waals surface area contributed by atoms with Crippen molar-refractivity contribution in [2.75, 3.05) is 5.73 Å². The lowest BCUT2D eigenvalue weighted by atomic mass is 10.1. The van der Waals surface area contributed by atoms with Gasteiger partial charge in [0.15, 0.2) is 0 Å². The van der Waals surface area contributed by atoms with Crippen LogP contribution in [0.3, 0.4) is 0 Å². The first-order valence-electron chi connectivity index (χ1n) is 6.79. The smallest absolute Gasteiger partial charge is 0.388 e. The molecule has 0 saturated carbocycles. The molecule has 3 aromatic rings. The van der Waals surface area contributed by atoms with Crippen molar-refractivity contribution in [1.82, 2.24) is 24.6 Å². The van der Waals surface area contributed by atoms with E-state index in [-0.39, 0.29) is 12.0 Å². The first kappa shape index (κ1) is 15.5. The summed E-state index contributed by atoms with van der Waals surface area (Å²) < 4.78 is 30.6. The van der Waals surface area contributed by atoms with Crippen molar-refractivity contribution in [3.05, 3.63) is 41.0 Å². The van der Waals surface area contributed by atoms with Crippen LogP contribution in [-0.2, 0) is 6.42 Å². The summed E-state index contributed by atoms with van der Waals surface area (Å²) in [5.41, 5.74) is 7.66. The molecule has 122 valence electrons. The number of halogens is 2. The average molecular weight is 331 g/mol. The quantitative estimate of drug-likeness (QED) is 0.769. The Morgan fingerprint density at radius 3 is 2.88 bits per heavy atom. The van der Waals surface area contributed by atoms with Crippen LogP contribution in [0, 0.1) is 18.3 Å². The Morgan fingerprint density at radius 2 is 2.17 bits per heavy atom. The fourth-order valence-corrected chi connectivity index (χ4v) is 2.25. The molecule has 0 saturated heterocycles. The van der Waals surface area contributed by atoms with Gasteiger partial charge in [-0.1, -0.05) is 0 Å². The standard InChI is InChI=1S/C14H11F2N7O/c1-7-10(11(18)23-14(21-7)19-6-20-23)4-9-3-2-8(5-17)12(22-9)24-13(15)16/h2-3,6,13H,4,18H2,1H3. The topological polar surface area (TPSA) is 115 Å². The molecule has 0 aliphatic carbocycles. The van der Waals surface area contributed by atoms with E-state index in [1.54, 1.807) is 19.1 Å². The molecule has 3 rings (SSSR count). The van der Waals surface area contributed by atoms with Crippen LogP contribution in [0.5, 0.6) is 5.88 Å². The number of nitrogen functional groups attached to an aromatic ring is 1. The van der Waals surface area contributed by atoms with Crippen molar-refractivity contribution in [2.24, 2.45) is 0 Å². The number of anilines is 1. The maximum absolute atomic E-state index is 12.4. The van der Waals surface area contributed by atoms with E-state index < -0.39 is 12.5 Å². The van der Waals surface area contributed by atoms with Gasteiger partial charge in [0.05, 0.1) is 0 Å². The second kappa shape index (κ2) is 6.04. The summed E-state index contributed by atoms with van der Waals surface area (Å²) in [7, 11) is 0. The van der Waals surface area contributed by atoms with Crippen molar-refractivity contribution in [3.8, 4) is 11.9 Å². The van der Waals surface area contributed by atoms with Crippen LogP contribution in [0.2, 0.25) is 0 Å². The summed E-state index contributed by atoms with van der Waals surface area (Å²) >= 11 is 0. The monoisotopic (exact) mass is 331 g/mol. The molecule has 0 amide bonds. The molecule has 0 atom stereocenters. The number of ether oxygens (including phenoxy) is 1. The number of alkyl halides is 2. The lowest BCUT2D eigenvalue weighted by Gasteiger charge is -2.11. The van der Waals surface area contributed by atoms with Gasteiger partial charge in [0, 0.05) is 23.4 Å². The number of aryl methyl sites for hydroxylation is 1. The molecule has 24 heavy (non-hydrogen) atoms. The molecule has 0 unspecified atom stereocenters. The van der Waals surface area contributed by atoms with Crippen molar-refractivity contribution >= 4 is 11.6 Å². The Balaban J connectivity index is 2.01. The number of nitrogens with two attached hydrogens (primary N) is 1. The van der Waals surface area contributed by atoms with Gasteiger partial charge in [-0.2, -0.15) is 28.6 Å². The normalized spacial score (nSPS) is 11.0. The predicted octanol–water partition coefficient (Wildman–Crippen LogP) is 1.47. The van der Waals surface area contributed by atoms with Crippen molar-refractivity contribution in [3.63, 3.8) is 0 Å². The van der Waals surface area contributed by atoms with E-state index in [1.807, 2.05) is 0 Å². The molecule has 3 heterocycles. The molecule has 0 fully saturated rings. The fourth-order valence-electron chi connectivity index (χ4n) is 2.25. The highest BCUT2D eigenvalue weighted by atomic mass is 19.3. The van der Waals surface area contributed by atoms with Gasteiger partial charge in [-0.25, -0.2) is 9.97 Å². The molecule has 0 aromatic carbocycles. The summed E-state index contributed by atoms with van der Waals surface area (Å²) in [6.07, 6.45) is 1.54. The molecule has 0 aliphatic rings. The Kier molecular flexibility index (Phi) is 3.91. The highest BCUT2D eigenvalue weighted by molar-refractivity contribution is 5.51. The average Bonchev–Trinajstić information content (AvgIpc) is 2.99. The molecule has 2 N–H and O–H groups in total. The zero-order valence-electron chi connectivity index (χ0n) is 12.4. The van der Waals surface area contributed by atoms with Crippen molar-refractivity contribution in [2.45, 2.75) is 20.0 Å². The van der Waals surface area contributed by atoms with Crippen molar-refractivity contribution < 1.29 is 13.5 Å². The minimum absolute atomic E-state index is 0.0754. The summed E-state index contributed by atoms with van der Waals surface area (Å²) in [6, 6.07) is 4.67. The number of rotatable bonds is 4. The molecule has 3 aromatic heterocycles. The number of pyridine rings is 1. The zero-order valence-corrected chi connectivity index (χ0v) is 12.4. The predicted molar refractivity (Wildman–Crippen MR) is 78.3 cm³/mol. The van der Waals surface area contributed by atoms with Crippen LogP contribution in [0.4, 0.5) is 14.6 Å². The van der Waals surface area contributed by atoms with Gasteiger partial charge in [-0.05, 0) is 19.1 Å². The maximum Gasteiger partial charge on any atom is 0.388 e. The molecular formula is C14H11F2N7O. The molecule has 0 radical (unpaired) electrons. The second-order valence-electron chi connectivity index (χ2n) is 4.86. The number of nitriles is 1. The van der Waals surface area contributed by atoms with E-state index in [0.29, 0.717) is 28.5 Å². The van der Waals surface area contributed by atoms with E-state index in [9.17, 15) is 8.78 Å². The van der Waals surface area contributed by atoms with Gasteiger partial charge in [0.2, 0.25) is 5.88 Å². The number of aromatic nitrogens is 5. The van der Waals surface area contributed by atoms with E-state index in [0.717, 1.165) is 0 Å². The van der Waals surface area contributed by atoms with Crippen LogP contribution < -0.4 is 10.5 Å². The highest BCUT2D eigenvalue weighted by Crippen LogP contribution is 2.22. The maximum atomic E-state index is 12.4. The molecule has 0 spiro atoms. The van der Waals surface area contributed by atoms with Gasteiger partial charge in [0.25, 0.3) is 5.78 Å². The van der Waals surface area contributed by atoms with Gasteiger partial charge in [-0.15, -0.1) is 0 Å². The molecule has 8 nitrogen and oxygen atoms in total. The minimum Gasteiger partial charge on any atom is -0.415 e. The SMILES string of the molecule is Cc1nc2ncnn2c(N)c1Cc1ccc(C#N)c(OC(F)F)n1. The summed E-state index contributed by atoms with van der Waals surface area (Å²) in [4.78, 5) is 12.2. The Hall–Kier alpha value is -3.35. The van der Waals surface area contributed by atoms with Gasteiger partial charge in [-0.3, -0.25) is 0 Å². The summed E-state index contributed by atoms with van der Waals surface area (Å²) in [5.74, 6) is 0.275. The van der Waals surface area contributed by atoms with Crippen LogP contribution in [-0.4, -0.2) is 31.2 Å². The lowest BCUT2D eigenvalue weighted by molar-refractivity contribution is -0.0531. The number of fused-ring (bicyclic) bond motifs is 1. The first-order chi connectivity index (χ1) is 11.5. The number of nitrogens with zero attached hydrogens (tertiary/aromatic N) is 6. The minimum atomic E-state index is -3.07. The largest absolute Gasteiger partial charge is 0.415 e. The van der Waals surface area contributed by atoms with E-state index >= 15 is 0 Å². The Labute approximate surface area is 134 Å². The Morgan fingerprint density at radius 1 is 1.38 bits per heavy atom. The van der Waals surface area contributed by atoms with Crippen LogP contribution >= 0.6 is 0 Å². The van der Waals surface area contributed by atoms with E-state index in [2.05, 4.69) is 24.8 Å². The zero-order chi connectivity index (χ0) is 17.3. The van der Waals surface area contributed by atoms with Gasteiger partial charge >= 0.3 is 6.61 Å². The number of hydrogen-bond acceptors (Lipinski definition) is 7. The first-order valence-corrected chi connectivity index (χ1v) is 6.79. The van der Waals surface area contributed by atoms with Crippen LogP contribution in [0.25, 0.3) is 5.78 Å². The van der Waals surface area contributed by atoms with E-state index in [4.69, 9.17) is 11.0 Å². The lowest BCUT2D eigenvalue weighted by Crippen LogP contribution is -2.10. The van der Waals surface area contributed by atoms with Crippen LogP contribution in [0.15, 0.2) is 18.5 Å². The third-order valence-corrected chi connectivity index (χ3v) is 3.37. The summed E-state index contributed by atoms with van der Waals surface area (Å²) in [5, 5.41) is 12.9. The summed E-state index contributed by atoms with van der Waals surface area (Å²) in [6.45, 7) is -1.32. The third-order valence-electron chi connectivity index (χ3n) is 3.37. The molecular weight excluding hydrogens is 320 g/mol. The highest BCUT2D eigenvalue weighted by Gasteiger charge is 2.16. The number of hydrogen-bond donors (Lipinski definition) is 1. The van der Waals surface area contributed by atoms with E-state index in [1.165, 1.54) is 16.9 Å². The van der Waals surface area contributed by atoms with Crippen molar-refractivity contribution in [1.29, 1.82) is 5.26 Å². The second-order valence-corrected chi connectivity index (χ2v) is 4.86. The molecule has 0 aliphatic heterocycles. The van der Waals surface area contributed by atoms with Crippen LogP contribution in [0.1, 0.15) is 22.5 Å². The molecule has 10 heteroatoms. The molecule has 0 bridgehead atoms. The van der Waals surface area contributed by atoms with Gasteiger partial charge < -0.3 is 10.5 Å².